The monoisotopic (exact) mass is 294 g/mol. The molecular weight excluding hydrogens is 272 g/mol. The first kappa shape index (κ1) is 17.6. The molecule has 0 saturated carbocycles. The van der Waals surface area contributed by atoms with Crippen molar-refractivity contribution in [1.82, 2.24) is 0 Å². The third-order valence-corrected chi connectivity index (χ3v) is 3.67. The van der Waals surface area contributed by atoms with Crippen LogP contribution in [0.5, 0.6) is 0 Å². The predicted molar refractivity (Wildman–Crippen MR) is 76.5 cm³/mol. The first-order valence-corrected chi connectivity index (χ1v) is 8.46. The molecule has 18 heavy (non-hydrogen) atoms. The number of carbonyl (C=O) groups is 2. The third-order valence-electron chi connectivity index (χ3n) is 1.59. The number of hydrogen-bond acceptors (Lipinski definition) is 6. The van der Waals surface area contributed by atoms with Crippen molar-refractivity contribution >= 4 is 33.5 Å². The second kappa shape index (κ2) is 10.6. The molecule has 0 heterocycles. The van der Waals surface area contributed by atoms with Gasteiger partial charge in [0.25, 0.3) is 0 Å². The Hall–Kier alpha value is -0.360. The molecule has 0 bridgehead atoms. The largest absolute Gasteiger partial charge is 0.465 e. The molecule has 0 rings (SSSR count). The predicted octanol–water partition coefficient (Wildman–Crippen LogP) is 2.77. The van der Waals surface area contributed by atoms with E-state index in [-0.39, 0.29) is 23.4 Å². The van der Waals surface area contributed by atoms with Crippen LogP contribution in [0.15, 0.2) is 0 Å². The number of esters is 2. The van der Waals surface area contributed by atoms with E-state index in [9.17, 15) is 9.59 Å². The van der Waals surface area contributed by atoms with Crippen molar-refractivity contribution in [1.29, 1.82) is 0 Å². The highest BCUT2D eigenvalue weighted by Gasteiger charge is 2.08. The van der Waals surface area contributed by atoms with E-state index >= 15 is 0 Å². The average molecular weight is 294 g/mol. The fraction of sp³-hybridized carbons (Fsp3) is 0.833. The average Bonchev–Trinajstić information content (AvgIpc) is 2.29. The summed E-state index contributed by atoms with van der Waals surface area (Å²) in [7, 11) is 2.63. The zero-order valence-electron chi connectivity index (χ0n) is 11.4. The standard InChI is InChI=1S/C12H22O4S2/c1-9(2)5-15-11(13)7-17-18-8-12(14)16-6-10(3)4/h9-10H,5-8H2,1-4H3. The lowest BCUT2D eigenvalue weighted by molar-refractivity contribution is -0.142. The quantitative estimate of drug-likeness (QED) is 0.370. The maximum absolute atomic E-state index is 11.2. The molecule has 0 aromatic carbocycles. The van der Waals surface area contributed by atoms with Crippen LogP contribution in [0, 0.1) is 11.8 Å². The van der Waals surface area contributed by atoms with Crippen molar-refractivity contribution in [2.24, 2.45) is 11.8 Å². The molecule has 0 aromatic heterocycles. The number of rotatable bonds is 9. The molecule has 0 saturated heterocycles. The lowest BCUT2D eigenvalue weighted by Gasteiger charge is -2.07. The first-order valence-electron chi connectivity index (χ1n) is 5.97. The molecule has 0 spiro atoms. The van der Waals surface area contributed by atoms with Gasteiger partial charge in [0.1, 0.15) is 11.5 Å². The topological polar surface area (TPSA) is 52.6 Å². The van der Waals surface area contributed by atoms with Crippen molar-refractivity contribution in [3.63, 3.8) is 0 Å². The number of carbonyl (C=O) groups excluding carboxylic acids is 2. The van der Waals surface area contributed by atoms with Gasteiger partial charge in [-0.15, -0.1) is 0 Å². The van der Waals surface area contributed by atoms with Gasteiger partial charge in [0.15, 0.2) is 0 Å². The maximum Gasteiger partial charge on any atom is 0.316 e. The highest BCUT2D eigenvalue weighted by Crippen LogP contribution is 2.21. The first-order chi connectivity index (χ1) is 8.41. The van der Waals surface area contributed by atoms with E-state index in [1.54, 1.807) is 0 Å². The van der Waals surface area contributed by atoms with Crippen LogP contribution in [0.2, 0.25) is 0 Å². The van der Waals surface area contributed by atoms with Gasteiger partial charge in [-0.1, -0.05) is 49.3 Å². The van der Waals surface area contributed by atoms with E-state index in [0.717, 1.165) is 0 Å². The Morgan fingerprint density at radius 1 is 0.833 bits per heavy atom. The Morgan fingerprint density at radius 2 is 1.17 bits per heavy atom. The fourth-order valence-electron chi connectivity index (χ4n) is 0.782. The van der Waals surface area contributed by atoms with Crippen LogP contribution in [0.4, 0.5) is 0 Å². The molecule has 0 aliphatic heterocycles. The summed E-state index contributed by atoms with van der Waals surface area (Å²) in [6.07, 6.45) is 0. The van der Waals surface area contributed by atoms with E-state index in [0.29, 0.717) is 25.0 Å². The smallest absolute Gasteiger partial charge is 0.316 e. The Balaban J connectivity index is 3.44. The molecule has 0 unspecified atom stereocenters. The summed E-state index contributed by atoms with van der Waals surface area (Å²) in [5.74, 6) is 0.729. The van der Waals surface area contributed by atoms with Gasteiger partial charge in [-0.05, 0) is 11.8 Å². The lowest BCUT2D eigenvalue weighted by atomic mass is 10.2. The van der Waals surface area contributed by atoms with E-state index in [4.69, 9.17) is 9.47 Å². The van der Waals surface area contributed by atoms with Crippen LogP contribution >= 0.6 is 21.6 Å². The van der Waals surface area contributed by atoms with Gasteiger partial charge in [-0.2, -0.15) is 0 Å². The molecule has 0 atom stereocenters. The van der Waals surface area contributed by atoms with Crippen molar-refractivity contribution < 1.29 is 19.1 Å². The van der Waals surface area contributed by atoms with Crippen LogP contribution in [0.1, 0.15) is 27.7 Å². The van der Waals surface area contributed by atoms with E-state index < -0.39 is 0 Å². The fourth-order valence-corrected chi connectivity index (χ4v) is 2.39. The maximum atomic E-state index is 11.2. The van der Waals surface area contributed by atoms with Gasteiger partial charge in [-0.3, -0.25) is 9.59 Å². The molecule has 0 aliphatic carbocycles. The molecule has 0 radical (unpaired) electrons. The van der Waals surface area contributed by atoms with E-state index in [2.05, 4.69) is 0 Å². The van der Waals surface area contributed by atoms with Gasteiger partial charge in [0.2, 0.25) is 0 Å². The normalized spacial score (nSPS) is 10.8. The molecule has 106 valence electrons. The Morgan fingerprint density at radius 3 is 1.44 bits per heavy atom. The Bertz CT molecular complexity index is 228. The van der Waals surface area contributed by atoms with Crippen molar-refractivity contribution in [2.45, 2.75) is 27.7 Å². The molecular formula is C12H22O4S2. The summed E-state index contributed by atoms with van der Waals surface area (Å²) >= 11 is 0. The van der Waals surface area contributed by atoms with E-state index in [1.165, 1.54) is 21.6 Å². The van der Waals surface area contributed by atoms with Gasteiger partial charge in [-0.25, -0.2) is 0 Å². The highest BCUT2D eigenvalue weighted by atomic mass is 33.1. The summed E-state index contributed by atoms with van der Waals surface area (Å²) in [5, 5.41) is 0. The zero-order valence-corrected chi connectivity index (χ0v) is 13.1. The molecule has 0 fully saturated rings. The molecule has 0 aliphatic rings. The van der Waals surface area contributed by atoms with Crippen molar-refractivity contribution in [2.75, 3.05) is 24.7 Å². The van der Waals surface area contributed by atoms with Gasteiger partial charge < -0.3 is 9.47 Å². The summed E-state index contributed by atoms with van der Waals surface area (Å²) in [6, 6.07) is 0. The number of hydrogen-bond donors (Lipinski definition) is 0. The van der Waals surface area contributed by atoms with Crippen LogP contribution in [0.3, 0.4) is 0 Å². The van der Waals surface area contributed by atoms with Gasteiger partial charge in [0.05, 0.1) is 13.2 Å². The lowest BCUT2D eigenvalue weighted by Crippen LogP contribution is -2.13. The van der Waals surface area contributed by atoms with Crippen molar-refractivity contribution in [3.05, 3.63) is 0 Å². The molecule has 0 N–H and O–H groups in total. The Kier molecular flexibility index (Phi) is 10.3. The van der Waals surface area contributed by atoms with Gasteiger partial charge >= 0.3 is 11.9 Å². The minimum absolute atomic E-state index is 0.239. The summed E-state index contributed by atoms with van der Waals surface area (Å²) in [4.78, 5) is 22.5. The second-order valence-electron chi connectivity index (χ2n) is 4.68. The van der Waals surface area contributed by atoms with Crippen LogP contribution in [0.25, 0.3) is 0 Å². The molecule has 0 amide bonds. The minimum atomic E-state index is -0.239. The SMILES string of the molecule is CC(C)COC(=O)CSSCC(=O)OCC(C)C. The second-order valence-corrected chi connectivity index (χ2v) is 7.14. The minimum Gasteiger partial charge on any atom is -0.465 e. The molecule has 0 aromatic rings. The van der Waals surface area contributed by atoms with E-state index in [1.807, 2.05) is 27.7 Å². The van der Waals surface area contributed by atoms with Crippen molar-refractivity contribution in [3.8, 4) is 0 Å². The van der Waals surface area contributed by atoms with Gasteiger partial charge in [0, 0.05) is 0 Å². The highest BCUT2D eigenvalue weighted by molar-refractivity contribution is 8.77. The molecule has 4 nitrogen and oxygen atoms in total. The zero-order chi connectivity index (χ0) is 14.0. The van der Waals surface area contributed by atoms with Crippen LogP contribution < -0.4 is 0 Å². The van der Waals surface area contributed by atoms with Crippen LogP contribution in [-0.4, -0.2) is 36.7 Å². The number of ether oxygens (including phenoxy) is 2. The molecule has 6 heteroatoms. The summed E-state index contributed by atoms with van der Waals surface area (Å²) < 4.78 is 10.0. The Labute approximate surface area is 117 Å². The third kappa shape index (κ3) is 12.1. The summed E-state index contributed by atoms with van der Waals surface area (Å²) in [6.45, 7) is 8.83. The van der Waals surface area contributed by atoms with Crippen LogP contribution in [-0.2, 0) is 19.1 Å². The summed E-state index contributed by atoms with van der Waals surface area (Å²) in [5.41, 5.74) is 0.